The summed E-state index contributed by atoms with van der Waals surface area (Å²) < 4.78 is 3.02. The second-order valence-corrected chi connectivity index (χ2v) is 4.86. The van der Waals surface area contributed by atoms with Gasteiger partial charge in [-0.15, -0.1) is 0 Å². The van der Waals surface area contributed by atoms with Crippen molar-refractivity contribution in [2.75, 3.05) is 11.5 Å². The number of rotatable bonds is 1. The monoisotopic (exact) mass is 352 g/mol. The molecule has 0 aliphatic rings. The fourth-order valence-electron chi connectivity index (χ4n) is 1.63. The largest absolute Gasteiger partial charge is 0.394 e. The van der Waals surface area contributed by atoms with Gasteiger partial charge in [0.25, 0.3) is 0 Å². The van der Waals surface area contributed by atoms with E-state index < -0.39 is 0 Å². The Balaban J connectivity index is 2.16. The molecule has 18 heavy (non-hydrogen) atoms. The van der Waals surface area contributed by atoms with Crippen LogP contribution in [0.15, 0.2) is 30.7 Å². The quantitative estimate of drug-likeness (QED) is 0.648. The van der Waals surface area contributed by atoms with E-state index in [-0.39, 0.29) is 5.82 Å². The van der Waals surface area contributed by atoms with Crippen molar-refractivity contribution in [2.45, 2.75) is 0 Å². The van der Waals surface area contributed by atoms with Crippen molar-refractivity contribution in [1.82, 2.24) is 19.4 Å². The molecule has 0 saturated carbocycles. The molecule has 0 spiro atoms. The van der Waals surface area contributed by atoms with Gasteiger partial charge in [0, 0.05) is 11.8 Å². The maximum absolute atomic E-state index is 5.68. The highest BCUT2D eigenvalue weighted by atomic mass is 127. The van der Waals surface area contributed by atoms with E-state index in [0.717, 1.165) is 14.9 Å². The minimum absolute atomic E-state index is 0.290. The predicted molar refractivity (Wildman–Crippen MR) is 77.8 cm³/mol. The summed E-state index contributed by atoms with van der Waals surface area (Å²) in [5, 5.41) is 0. The highest BCUT2D eigenvalue weighted by molar-refractivity contribution is 14.1. The van der Waals surface area contributed by atoms with E-state index in [1.165, 1.54) is 6.20 Å². The summed E-state index contributed by atoms with van der Waals surface area (Å²) in [6, 6.07) is 3.83. The third kappa shape index (κ3) is 1.76. The van der Waals surface area contributed by atoms with Crippen LogP contribution in [0.1, 0.15) is 0 Å². The first-order valence-corrected chi connectivity index (χ1v) is 6.24. The molecule has 0 aromatic carbocycles. The molecule has 0 unspecified atom stereocenters. The molecule has 0 fully saturated rings. The Hall–Kier alpha value is -1.90. The van der Waals surface area contributed by atoms with Gasteiger partial charge in [-0.05, 0) is 34.7 Å². The Morgan fingerprint density at radius 1 is 1.17 bits per heavy atom. The summed E-state index contributed by atoms with van der Waals surface area (Å²) in [6.45, 7) is 0. The van der Waals surface area contributed by atoms with Gasteiger partial charge >= 0.3 is 0 Å². The van der Waals surface area contributed by atoms with Crippen molar-refractivity contribution in [3.63, 3.8) is 0 Å². The summed E-state index contributed by atoms with van der Waals surface area (Å²) in [6.07, 6.45) is 5.24. The first-order valence-electron chi connectivity index (χ1n) is 5.16. The molecule has 6 nitrogen and oxygen atoms in total. The van der Waals surface area contributed by atoms with Gasteiger partial charge in [0.2, 0.25) is 0 Å². The lowest BCUT2D eigenvalue weighted by molar-refractivity contribution is 1.13. The zero-order chi connectivity index (χ0) is 12.7. The average molecular weight is 352 g/mol. The molecular formula is C11H9IN6. The van der Waals surface area contributed by atoms with E-state index in [2.05, 4.69) is 37.5 Å². The Morgan fingerprint density at radius 3 is 2.78 bits per heavy atom. The van der Waals surface area contributed by atoms with Crippen LogP contribution in [-0.4, -0.2) is 19.4 Å². The van der Waals surface area contributed by atoms with Crippen LogP contribution in [0, 0.1) is 3.70 Å². The lowest BCUT2D eigenvalue weighted by atomic mass is 10.2. The van der Waals surface area contributed by atoms with Crippen LogP contribution < -0.4 is 11.5 Å². The molecule has 0 saturated heterocycles. The Morgan fingerprint density at radius 2 is 2.00 bits per heavy atom. The molecule has 3 aromatic rings. The summed E-state index contributed by atoms with van der Waals surface area (Å²) in [5.74, 6) is 0.833. The third-order valence-corrected chi connectivity index (χ3v) is 3.37. The Labute approximate surface area is 116 Å². The molecule has 3 aromatic heterocycles. The van der Waals surface area contributed by atoms with E-state index in [4.69, 9.17) is 11.5 Å². The van der Waals surface area contributed by atoms with E-state index >= 15 is 0 Å². The Kier molecular flexibility index (Phi) is 2.54. The van der Waals surface area contributed by atoms with Crippen molar-refractivity contribution in [3.05, 3.63) is 34.4 Å². The number of fused-ring (bicyclic) bond motifs is 1. The predicted octanol–water partition coefficient (Wildman–Crippen LogP) is 1.56. The van der Waals surface area contributed by atoms with Gasteiger partial charge in [0.05, 0.1) is 18.1 Å². The average Bonchev–Trinajstić information content (AvgIpc) is 2.74. The zero-order valence-corrected chi connectivity index (χ0v) is 11.4. The maximum atomic E-state index is 5.68. The van der Waals surface area contributed by atoms with Crippen LogP contribution in [0.5, 0.6) is 0 Å². The highest BCUT2D eigenvalue weighted by Gasteiger charge is 2.07. The van der Waals surface area contributed by atoms with E-state index in [1.54, 1.807) is 6.20 Å². The maximum Gasteiger partial charge on any atom is 0.161 e. The van der Waals surface area contributed by atoms with Crippen LogP contribution in [0.25, 0.3) is 17.0 Å². The molecule has 0 radical (unpaired) electrons. The number of nitrogens with zero attached hydrogens (tertiary/aromatic N) is 4. The van der Waals surface area contributed by atoms with Crippen molar-refractivity contribution < 1.29 is 0 Å². The standard InChI is InChI=1S/C11H9IN6/c12-8-5-15-9-3-6(1-2-18(8)9)11-16-4-7(13)10(14)17-11/h1-5H,13H2,(H2,14,16,17). The van der Waals surface area contributed by atoms with Gasteiger partial charge in [-0.3, -0.25) is 4.40 Å². The number of aromatic nitrogens is 4. The molecule has 0 aliphatic heterocycles. The molecule has 90 valence electrons. The van der Waals surface area contributed by atoms with Crippen LogP contribution in [0.4, 0.5) is 11.5 Å². The van der Waals surface area contributed by atoms with Crippen LogP contribution >= 0.6 is 22.6 Å². The lowest BCUT2D eigenvalue weighted by Crippen LogP contribution is -2.01. The Bertz CT molecular complexity index is 735. The molecular weight excluding hydrogens is 343 g/mol. The number of hydrogen-bond acceptors (Lipinski definition) is 5. The number of hydrogen-bond donors (Lipinski definition) is 2. The van der Waals surface area contributed by atoms with Gasteiger partial charge in [-0.25, -0.2) is 15.0 Å². The van der Waals surface area contributed by atoms with Crippen LogP contribution in [-0.2, 0) is 0 Å². The number of nitrogen functional groups attached to an aromatic ring is 2. The van der Waals surface area contributed by atoms with Gasteiger partial charge in [-0.2, -0.15) is 0 Å². The summed E-state index contributed by atoms with van der Waals surface area (Å²) in [4.78, 5) is 12.6. The smallest absolute Gasteiger partial charge is 0.161 e. The van der Waals surface area contributed by atoms with E-state index in [9.17, 15) is 0 Å². The fourth-order valence-corrected chi connectivity index (χ4v) is 2.18. The molecule has 4 N–H and O–H groups in total. The first-order chi connectivity index (χ1) is 8.65. The fraction of sp³-hybridized carbons (Fsp3) is 0. The van der Waals surface area contributed by atoms with Gasteiger partial charge in [-0.1, -0.05) is 0 Å². The van der Waals surface area contributed by atoms with E-state index in [0.29, 0.717) is 11.5 Å². The number of nitrogens with two attached hydrogens (primary N) is 2. The molecule has 0 atom stereocenters. The van der Waals surface area contributed by atoms with Crippen molar-refractivity contribution in [1.29, 1.82) is 0 Å². The molecule has 0 amide bonds. The van der Waals surface area contributed by atoms with Crippen LogP contribution in [0.2, 0.25) is 0 Å². The van der Waals surface area contributed by atoms with Crippen molar-refractivity contribution >= 4 is 39.7 Å². The number of anilines is 2. The van der Waals surface area contributed by atoms with E-state index in [1.807, 2.05) is 22.7 Å². The topological polar surface area (TPSA) is 95.1 Å². The number of halogens is 1. The summed E-state index contributed by atoms with van der Waals surface area (Å²) >= 11 is 2.22. The highest BCUT2D eigenvalue weighted by Crippen LogP contribution is 2.20. The summed E-state index contributed by atoms with van der Waals surface area (Å²) in [7, 11) is 0. The molecule has 3 rings (SSSR count). The minimum atomic E-state index is 0.290. The molecule has 3 heterocycles. The molecule has 0 bridgehead atoms. The molecule has 0 aliphatic carbocycles. The lowest BCUT2D eigenvalue weighted by Gasteiger charge is -2.04. The normalized spacial score (nSPS) is 10.9. The second kappa shape index (κ2) is 4.09. The summed E-state index contributed by atoms with van der Waals surface area (Å²) in [5.41, 5.74) is 13.4. The zero-order valence-electron chi connectivity index (χ0n) is 9.21. The van der Waals surface area contributed by atoms with Crippen LogP contribution in [0.3, 0.4) is 0 Å². The molecule has 7 heteroatoms. The SMILES string of the molecule is Nc1cnc(-c2ccn3c(I)cnc3c2)nc1N. The van der Waals surface area contributed by atoms with Gasteiger partial charge < -0.3 is 11.5 Å². The second-order valence-electron chi connectivity index (χ2n) is 3.76. The number of imidazole rings is 1. The van der Waals surface area contributed by atoms with Crippen molar-refractivity contribution in [2.24, 2.45) is 0 Å². The number of pyridine rings is 1. The third-order valence-electron chi connectivity index (χ3n) is 2.57. The van der Waals surface area contributed by atoms with Gasteiger partial charge in [0.15, 0.2) is 11.6 Å². The first kappa shape index (κ1) is 11.2. The minimum Gasteiger partial charge on any atom is -0.394 e. The van der Waals surface area contributed by atoms with Gasteiger partial charge in [0.1, 0.15) is 9.35 Å². The van der Waals surface area contributed by atoms with Crippen molar-refractivity contribution in [3.8, 4) is 11.4 Å².